The van der Waals surface area contributed by atoms with E-state index in [1.807, 2.05) is 0 Å². The highest BCUT2D eigenvalue weighted by Crippen LogP contribution is 2.13. The first kappa shape index (κ1) is 24.7. The van der Waals surface area contributed by atoms with Crippen LogP contribution in [0.2, 0.25) is 0 Å². The maximum absolute atomic E-state index is 2.45. The minimum Gasteiger partial charge on any atom is -0.237 e. The smallest absolute Gasteiger partial charge is 0.237 e. The average Bonchev–Trinajstić information content (AvgIpc) is 3.11. The van der Waals surface area contributed by atoms with Crippen LogP contribution in [-0.2, 0) is 20.0 Å². The SMILES string of the molecule is CCCCCCCCCCCCCCCCC[n+]1ccn(C)c1Cc1ccccc1. The molecular formula is C28H47N2+. The standard InChI is InChI=1S/C28H47N2/c1-3-4-5-6-7-8-9-10-11-12-13-14-15-16-20-23-30-25-24-29(2)28(30)26-27-21-18-17-19-22-27/h17-19,21-22,24-25H,3-16,20,23,26H2,1-2H3/q+1. The van der Waals surface area contributed by atoms with Crippen LogP contribution in [0.25, 0.3) is 0 Å². The van der Waals surface area contributed by atoms with Crippen molar-refractivity contribution in [3.8, 4) is 0 Å². The fraction of sp³-hybridized carbons (Fsp3) is 0.679. The van der Waals surface area contributed by atoms with E-state index in [1.54, 1.807) is 0 Å². The Kier molecular flexibility index (Phi) is 13.3. The quantitative estimate of drug-likeness (QED) is 0.175. The molecule has 1 aromatic carbocycles. The van der Waals surface area contributed by atoms with Gasteiger partial charge in [0.25, 0.3) is 5.82 Å². The molecule has 0 amide bonds. The van der Waals surface area contributed by atoms with Crippen molar-refractivity contribution in [2.45, 2.75) is 116 Å². The van der Waals surface area contributed by atoms with Crippen molar-refractivity contribution in [3.05, 3.63) is 54.1 Å². The van der Waals surface area contributed by atoms with E-state index >= 15 is 0 Å². The Morgan fingerprint density at radius 1 is 0.667 bits per heavy atom. The van der Waals surface area contributed by atoms with Gasteiger partial charge in [-0.25, -0.2) is 9.13 Å². The van der Waals surface area contributed by atoms with E-state index in [1.165, 1.54) is 108 Å². The number of benzene rings is 1. The number of unbranched alkanes of at least 4 members (excludes halogenated alkanes) is 14. The molecular weight excluding hydrogens is 364 g/mol. The van der Waals surface area contributed by atoms with Gasteiger partial charge in [-0.3, -0.25) is 0 Å². The zero-order chi connectivity index (χ0) is 21.3. The van der Waals surface area contributed by atoms with Gasteiger partial charge in [-0.15, -0.1) is 0 Å². The van der Waals surface area contributed by atoms with E-state index in [-0.39, 0.29) is 0 Å². The van der Waals surface area contributed by atoms with Gasteiger partial charge in [0.2, 0.25) is 0 Å². The first-order chi connectivity index (χ1) is 14.8. The van der Waals surface area contributed by atoms with E-state index in [0.717, 1.165) is 13.0 Å². The lowest BCUT2D eigenvalue weighted by atomic mass is 10.0. The molecule has 168 valence electrons. The van der Waals surface area contributed by atoms with Crippen LogP contribution >= 0.6 is 0 Å². The van der Waals surface area contributed by atoms with Crippen molar-refractivity contribution in [3.63, 3.8) is 0 Å². The number of hydrogen-bond acceptors (Lipinski definition) is 0. The molecule has 2 rings (SSSR count). The molecule has 0 saturated heterocycles. The van der Waals surface area contributed by atoms with Crippen LogP contribution < -0.4 is 4.57 Å². The van der Waals surface area contributed by atoms with Crippen molar-refractivity contribution in [2.24, 2.45) is 7.05 Å². The second-order valence-corrected chi connectivity index (χ2v) is 9.13. The van der Waals surface area contributed by atoms with Crippen LogP contribution in [0.3, 0.4) is 0 Å². The molecule has 0 fully saturated rings. The predicted octanol–water partition coefficient (Wildman–Crippen LogP) is 7.77. The summed E-state index contributed by atoms with van der Waals surface area (Å²) in [7, 11) is 2.17. The summed E-state index contributed by atoms with van der Waals surface area (Å²) in [6.45, 7) is 3.45. The van der Waals surface area contributed by atoms with Gasteiger partial charge in [0, 0.05) is 0 Å². The monoisotopic (exact) mass is 411 g/mol. The molecule has 0 aliphatic heterocycles. The molecule has 0 spiro atoms. The van der Waals surface area contributed by atoms with E-state index in [0.29, 0.717) is 0 Å². The maximum atomic E-state index is 2.45. The predicted molar refractivity (Wildman–Crippen MR) is 130 cm³/mol. The number of nitrogens with zero attached hydrogens (tertiary/aromatic N) is 2. The van der Waals surface area contributed by atoms with E-state index < -0.39 is 0 Å². The zero-order valence-corrected chi connectivity index (χ0v) is 20.0. The van der Waals surface area contributed by atoms with Crippen LogP contribution in [0.5, 0.6) is 0 Å². The highest BCUT2D eigenvalue weighted by Gasteiger charge is 2.14. The van der Waals surface area contributed by atoms with Gasteiger partial charge in [0.1, 0.15) is 12.4 Å². The Balaban J connectivity index is 1.45. The lowest BCUT2D eigenvalue weighted by molar-refractivity contribution is -0.703. The Bertz CT molecular complexity index is 644. The lowest BCUT2D eigenvalue weighted by Crippen LogP contribution is -2.37. The summed E-state index contributed by atoms with van der Waals surface area (Å²) in [4.78, 5) is 0. The lowest BCUT2D eigenvalue weighted by Gasteiger charge is -2.05. The van der Waals surface area contributed by atoms with E-state index in [9.17, 15) is 0 Å². The Morgan fingerprint density at radius 3 is 1.70 bits per heavy atom. The number of rotatable bonds is 18. The molecule has 0 atom stereocenters. The minimum atomic E-state index is 1.02. The van der Waals surface area contributed by atoms with Gasteiger partial charge in [0.15, 0.2) is 0 Å². The molecule has 30 heavy (non-hydrogen) atoms. The van der Waals surface area contributed by atoms with Crippen molar-refractivity contribution in [1.29, 1.82) is 0 Å². The molecule has 1 heterocycles. The van der Waals surface area contributed by atoms with Gasteiger partial charge in [-0.05, 0) is 18.4 Å². The van der Waals surface area contributed by atoms with Gasteiger partial charge < -0.3 is 0 Å². The number of hydrogen-bond donors (Lipinski definition) is 0. The number of aromatic nitrogens is 2. The third-order valence-electron chi connectivity index (χ3n) is 6.42. The van der Waals surface area contributed by atoms with Gasteiger partial charge in [0.05, 0.1) is 20.0 Å². The molecule has 0 bridgehead atoms. The molecule has 0 aliphatic rings. The second kappa shape index (κ2) is 16.2. The van der Waals surface area contributed by atoms with Crippen LogP contribution in [0.1, 0.15) is 115 Å². The summed E-state index contributed by atoms with van der Waals surface area (Å²) < 4.78 is 4.73. The first-order valence-corrected chi connectivity index (χ1v) is 12.9. The molecule has 2 heteroatoms. The third kappa shape index (κ3) is 10.5. The van der Waals surface area contributed by atoms with Gasteiger partial charge in [-0.2, -0.15) is 0 Å². The minimum absolute atomic E-state index is 1.02. The molecule has 0 N–H and O–H groups in total. The van der Waals surface area contributed by atoms with Crippen molar-refractivity contribution in [2.75, 3.05) is 0 Å². The fourth-order valence-electron chi connectivity index (χ4n) is 4.42. The summed E-state index contributed by atoms with van der Waals surface area (Å²) in [5, 5.41) is 0. The summed E-state index contributed by atoms with van der Waals surface area (Å²) in [6.07, 6.45) is 26.9. The van der Waals surface area contributed by atoms with E-state index in [2.05, 4.69) is 65.8 Å². The second-order valence-electron chi connectivity index (χ2n) is 9.13. The normalized spacial score (nSPS) is 11.3. The summed E-state index contributed by atoms with van der Waals surface area (Å²) in [5.41, 5.74) is 1.39. The highest BCUT2D eigenvalue weighted by molar-refractivity contribution is 5.17. The van der Waals surface area contributed by atoms with Crippen molar-refractivity contribution < 1.29 is 4.57 Å². The molecule has 0 unspecified atom stereocenters. The van der Waals surface area contributed by atoms with Crippen LogP contribution in [0.15, 0.2) is 42.7 Å². The Hall–Kier alpha value is -1.57. The van der Waals surface area contributed by atoms with Crippen LogP contribution in [0, 0.1) is 0 Å². The van der Waals surface area contributed by atoms with E-state index in [4.69, 9.17) is 0 Å². The molecule has 0 radical (unpaired) electrons. The van der Waals surface area contributed by atoms with Crippen molar-refractivity contribution in [1.82, 2.24) is 4.57 Å². The molecule has 2 nitrogen and oxygen atoms in total. The van der Waals surface area contributed by atoms with Gasteiger partial charge >= 0.3 is 0 Å². The Morgan fingerprint density at radius 2 is 1.17 bits per heavy atom. The average molecular weight is 412 g/mol. The third-order valence-corrected chi connectivity index (χ3v) is 6.42. The largest absolute Gasteiger partial charge is 0.260 e. The zero-order valence-electron chi connectivity index (χ0n) is 20.0. The van der Waals surface area contributed by atoms with Crippen LogP contribution in [0.4, 0.5) is 0 Å². The molecule has 2 aromatic rings. The summed E-state index contributed by atoms with van der Waals surface area (Å²) in [5.74, 6) is 1.41. The van der Waals surface area contributed by atoms with Crippen LogP contribution in [-0.4, -0.2) is 4.57 Å². The molecule has 1 aromatic heterocycles. The fourth-order valence-corrected chi connectivity index (χ4v) is 4.42. The highest BCUT2D eigenvalue weighted by atomic mass is 15.1. The topological polar surface area (TPSA) is 8.81 Å². The maximum Gasteiger partial charge on any atom is 0.260 e. The Labute approximate surface area is 186 Å². The van der Waals surface area contributed by atoms with Gasteiger partial charge in [-0.1, -0.05) is 121 Å². The summed E-state index contributed by atoms with van der Waals surface area (Å²) >= 11 is 0. The summed E-state index contributed by atoms with van der Waals surface area (Å²) in [6, 6.07) is 10.8. The number of aryl methyl sites for hydroxylation is 2. The van der Waals surface area contributed by atoms with Crippen molar-refractivity contribution >= 4 is 0 Å². The molecule has 0 saturated carbocycles. The molecule has 0 aliphatic carbocycles. The number of imidazole rings is 1. The first-order valence-electron chi connectivity index (χ1n) is 12.9.